The number of aromatic amines is 1. The molecule has 1 unspecified atom stereocenters. The van der Waals surface area contributed by atoms with Crippen molar-refractivity contribution in [2.75, 3.05) is 11.1 Å². The quantitative estimate of drug-likeness (QED) is 0.724. The van der Waals surface area contributed by atoms with Crippen molar-refractivity contribution in [1.29, 1.82) is 0 Å². The molecule has 4 N–H and O–H groups in total. The summed E-state index contributed by atoms with van der Waals surface area (Å²) in [6.07, 6.45) is 3.21. The van der Waals surface area contributed by atoms with Crippen molar-refractivity contribution in [2.24, 2.45) is 13.0 Å². The van der Waals surface area contributed by atoms with Crippen LogP contribution in [0.5, 0.6) is 0 Å². The van der Waals surface area contributed by atoms with Crippen molar-refractivity contribution in [1.82, 2.24) is 9.55 Å². The van der Waals surface area contributed by atoms with Gasteiger partial charge >= 0.3 is 5.69 Å². The van der Waals surface area contributed by atoms with Crippen LogP contribution in [0.3, 0.4) is 0 Å². The van der Waals surface area contributed by atoms with E-state index in [9.17, 15) is 9.59 Å². The molecule has 6 nitrogen and oxygen atoms in total. The predicted octanol–water partition coefficient (Wildman–Crippen LogP) is 1.28. The highest BCUT2D eigenvalue weighted by molar-refractivity contribution is 5.60. The minimum absolute atomic E-state index is 0.139. The molecule has 1 rings (SSSR count). The highest BCUT2D eigenvalue weighted by atomic mass is 16.2. The van der Waals surface area contributed by atoms with E-state index >= 15 is 0 Å². The van der Waals surface area contributed by atoms with E-state index < -0.39 is 11.2 Å². The third kappa shape index (κ3) is 4.15. The van der Waals surface area contributed by atoms with Crippen LogP contribution >= 0.6 is 0 Å². The normalized spacial score (nSPS) is 12.7. The number of anilines is 2. The molecule has 1 aromatic heterocycles. The lowest BCUT2D eigenvalue weighted by molar-refractivity contribution is 0.520. The third-order valence-electron chi connectivity index (χ3n) is 3.18. The molecular formula is C13H24N4O2. The maximum atomic E-state index is 11.7. The number of nitrogen functional groups attached to an aromatic ring is 1. The lowest BCUT2D eigenvalue weighted by atomic mass is 10.0. The lowest BCUT2D eigenvalue weighted by Gasteiger charge is -2.17. The number of nitrogens with one attached hydrogen (secondary N) is 2. The molecule has 1 heterocycles. The second kappa shape index (κ2) is 6.45. The Labute approximate surface area is 113 Å². The van der Waals surface area contributed by atoms with E-state index in [0.29, 0.717) is 5.92 Å². The van der Waals surface area contributed by atoms with Gasteiger partial charge in [0.2, 0.25) is 0 Å². The molecule has 108 valence electrons. The van der Waals surface area contributed by atoms with Crippen LogP contribution in [0.2, 0.25) is 0 Å². The molecule has 0 aliphatic carbocycles. The highest BCUT2D eigenvalue weighted by Gasteiger charge is 2.12. The first-order valence-corrected chi connectivity index (χ1v) is 6.68. The summed E-state index contributed by atoms with van der Waals surface area (Å²) < 4.78 is 1.23. The number of nitrogens with zero attached hydrogens (tertiary/aromatic N) is 1. The van der Waals surface area contributed by atoms with Crippen LogP contribution in [0.1, 0.15) is 40.0 Å². The van der Waals surface area contributed by atoms with Gasteiger partial charge in [0.1, 0.15) is 11.5 Å². The molecule has 0 bridgehead atoms. The molecule has 0 aliphatic rings. The van der Waals surface area contributed by atoms with Crippen molar-refractivity contribution < 1.29 is 0 Å². The minimum Gasteiger partial charge on any atom is -0.383 e. The van der Waals surface area contributed by atoms with Crippen LogP contribution in [-0.4, -0.2) is 15.6 Å². The van der Waals surface area contributed by atoms with E-state index in [-0.39, 0.29) is 17.5 Å². The fraction of sp³-hybridized carbons (Fsp3) is 0.692. The Bertz CT molecular complexity index is 530. The Morgan fingerprint density at radius 3 is 2.47 bits per heavy atom. The maximum Gasteiger partial charge on any atom is 0.329 e. The van der Waals surface area contributed by atoms with E-state index in [1.54, 1.807) is 0 Å². The monoisotopic (exact) mass is 268 g/mol. The van der Waals surface area contributed by atoms with Crippen molar-refractivity contribution in [3.05, 3.63) is 20.8 Å². The third-order valence-corrected chi connectivity index (χ3v) is 3.18. The first-order valence-electron chi connectivity index (χ1n) is 6.68. The first-order chi connectivity index (χ1) is 8.82. The summed E-state index contributed by atoms with van der Waals surface area (Å²) >= 11 is 0. The summed E-state index contributed by atoms with van der Waals surface area (Å²) in [5, 5.41) is 3.09. The van der Waals surface area contributed by atoms with Gasteiger partial charge in [-0.1, -0.05) is 26.7 Å². The Hall–Kier alpha value is -1.72. The molecule has 1 atom stereocenters. The van der Waals surface area contributed by atoms with Gasteiger partial charge in [-0.15, -0.1) is 0 Å². The molecular weight excluding hydrogens is 244 g/mol. The van der Waals surface area contributed by atoms with Crippen LogP contribution in [-0.2, 0) is 7.05 Å². The molecule has 0 spiro atoms. The number of hydrogen-bond donors (Lipinski definition) is 3. The molecule has 0 radical (unpaired) electrons. The smallest absolute Gasteiger partial charge is 0.329 e. The molecule has 6 heteroatoms. The Kier molecular flexibility index (Phi) is 5.20. The van der Waals surface area contributed by atoms with Gasteiger partial charge in [0, 0.05) is 13.1 Å². The molecule has 0 aromatic carbocycles. The van der Waals surface area contributed by atoms with Gasteiger partial charge in [0.15, 0.2) is 0 Å². The minimum atomic E-state index is -0.500. The van der Waals surface area contributed by atoms with Gasteiger partial charge in [-0.05, 0) is 19.3 Å². The van der Waals surface area contributed by atoms with Gasteiger partial charge in [-0.2, -0.15) is 0 Å². The average Bonchev–Trinajstić information content (AvgIpc) is 2.31. The van der Waals surface area contributed by atoms with Crippen LogP contribution in [0.15, 0.2) is 9.59 Å². The zero-order valence-electron chi connectivity index (χ0n) is 12.1. The molecule has 0 saturated heterocycles. The highest BCUT2D eigenvalue weighted by Crippen LogP contribution is 2.14. The zero-order chi connectivity index (χ0) is 14.6. The molecule has 0 fully saturated rings. The number of aromatic nitrogens is 2. The fourth-order valence-electron chi connectivity index (χ4n) is 1.93. The number of hydrogen-bond acceptors (Lipinski definition) is 4. The van der Waals surface area contributed by atoms with E-state index in [1.165, 1.54) is 11.6 Å². The van der Waals surface area contributed by atoms with Crippen molar-refractivity contribution in [3.8, 4) is 0 Å². The van der Waals surface area contributed by atoms with E-state index in [2.05, 4.69) is 24.1 Å². The lowest BCUT2D eigenvalue weighted by Crippen LogP contribution is -2.34. The topological polar surface area (TPSA) is 92.9 Å². The molecule has 1 aromatic rings. The maximum absolute atomic E-state index is 11.7. The molecule has 0 saturated carbocycles. The SMILES string of the molecule is CC(C)CCCC(C)Nc1c(N)n(C)c(=O)[nH]c1=O. The molecule has 0 aliphatic heterocycles. The summed E-state index contributed by atoms with van der Waals surface area (Å²) in [6, 6.07) is 0.139. The largest absolute Gasteiger partial charge is 0.383 e. The standard InChI is InChI=1S/C13H24N4O2/c1-8(2)6-5-7-9(3)15-10-11(14)17(4)13(19)16-12(10)18/h8-9,15H,5-7,14H2,1-4H3,(H,16,18,19). The van der Waals surface area contributed by atoms with Crippen molar-refractivity contribution in [2.45, 2.75) is 46.1 Å². The van der Waals surface area contributed by atoms with Crippen molar-refractivity contribution in [3.63, 3.8) is 0 Å². The Morgan fingerprint density at radius 2 is 1.89 bits per heavy atom. The van der Waals surface area contributed by atoms with Gasteiger partial charge in [0.25, 0.3) is 5.56 Å². The summed E-state index contributed by atoms with van der Waals surface area (Å²) in [7, 11) is 1.53. The predicted molar refractivity (Wildman–Crippen MR) is 78.5 cm³/mol. The van der Waals surface area contributed by atoms with Crippen LogP contribution in [0, 0.1) is 5.92 Å². The van der Waals surface area contributed by atoms with E-state index in [1.807, 2.05) is 6.92 Å². The van der Waals surface area contributed by atoms with Crippen LogP contribution in [0.4, 0.5) is 11.5 Å². The zero-order valence-corrected chi connectivity index (χ0v) is 12.1. The Morgan fingerprint density at radius 1 is 1.26 bits per heavy atom. The summed E-state index contributed by atoms with van der Waals surface area (Å²) in [4.78, 5) is 25.3. The number of H-pyrrole nitrogens is 1. The number of rotatable bonds is 6. The molecule has 0 amide bonds. The summed E-state index contributed by atoms with van der Waals surface area (Å²) in [6.45, 7) is 6.38. The summed E-state index contributed by atoms with van der Waals surface area (Å²) in [5.74, 6) is 0.850. The van der Waals surface area contributed by atoms with Gasteiger partial charge in [0.05, 0.1) is 0 Å². The fourth-order valence-corrected chi connectivity index (χ4v) is 1.93. The van der Waals surface area contributed by atoms with Crippen LogP contribution in [0.25, 0.3) is 0 Å². The van der Waals surface area contributed by atoms with Gasteiger partial charge in [-0.3, -0.25) is 14.3 Å². The number of nitrogens with two attached hydrogens (primary N) is 1. The second-order valence-electron chi connectivity index (χ2n) is 5.45. The summed E-state index contributed by atoms with van der Waals surface area (Å²) in [5.41, 5.74) is 5.11. The van der Waals surface area contributed by atoms with Gasteiger partial charge < -0.3 is 11.1 Å². The van der Waals surface area contributed by atoms with Gasteiger partial charge in [-0.25, -0.2) is 4.79 Å². The molecule has 19 heavy (non-hydrogen) atoms. The average molecular weight is 268 g/mol. The second-order valence-corrected chi connectivity index (χ2v) is 5.45. The van der Waals surface area contributed by atoms with E-state index in [0.717, 1.165) is 19.3 Å². The van der Waals surface area contributed by atoms with Crippen LogP contribution < -0.4 is 22.3 Å². The van der Waals surface area contributed by atoms with Crippen molar-refractivity contribution >= 4 is 11.5 Å². The Balaban J connectivity index is 2.75. The first kappa shape index (κ1) is 15.3. The van der Waals surface area contributed by atoms with E-state index in [4.69, 9.17) is 5.73 Å².